The van der Waals surface area contributed by atoms with Gasteiger partial charge in [0.05, 0.1) is 0 Å². The van der Waals surface area contributed by atoms with E-state index in [0.717, 1.165) is 0 Å². The zero-order valence-electron chi connectivity index (χ0n) is 14.9. The molecule has 0 aliphatic carbocycles. The molecule has 0 spiro atoms. The Hall–Kier alpha value is -1.23. The molecule has 25 heavy (non-hydrogen) atoms. The molecule has 0 aliphatic heterocycles. The molecule has 0 saturated heterocycles. The van der Waals surface area contributed by atoms with Gasteiger partial charge in [-0.15, -0.1) is 57.9 Å². The predicted molar refractivity (Wildman–Crippen MR) is 98.0 cm³/mol. The standard InChI is InChI=1S/2C11H11.2ClH.Cr/c2*1-8-6-10-4-3-5-11(10)7-9(8)2;;;/h2*3-7H,1-2H3;2*1H;/q2*-1;;;+4/p-2. The molecular weight excluding hydrogens is 387 g/mol. The van der Waals surface area contributed by atoms with Gasteiger partial charge in [0, 0.05) is 0 Å². The van der Waals surface area contributed by atoms with Crippen molar-refractivity contribution in [2.24, 2.45) is 0 Å². The van der Waals surface area contributed by atoms with Gasteiger partial charge in [0.15, 0.2) is 0 Å². The van der Waals surface area contributed by atoms with Crippen LogP contribution in [0.2, 0.25) is 0 Å². The van der Waals surface area contributed by atoms with Gasteiger partial charge < -0.3 is 24.8 Å². The van der Waals surface area contributed by atoms with Crippen LogP contribution in [-0.2, 0) is 17.4 Å². The van der Waals surface area contributed by atoms with E-state index in [1.807, 2.05) is 0 Å². The number of halogens is 2. The third-order valence-electron chi connectivity index (χ3n) is 4.50. The summed E-state index contributed by atoms with van der Waals surface area (Å²) in [4.78, 5) is 0. The van der Waals surface area contributed by atoms with Crippen molar-refractivity contribution in [1.82, 2.24) is 0 Å². The average Bonchev–Trinajstić information content (AvgIpc) is 3.09. The van der Waals surface area contributed by atoms with E-state index in [2.05, 4.69) is 88.4 Å². The first-order valence-electron chi connectivity index (χ1n) is 7.80. The number of hydrogen-bond donors (Lipinski definition) is 0. The van der Waals surface area contributed by atoms with E-state index in [1.165, 1.54) is 43.8 Å². The molecule has 0 aromatic heterocycles. The minimum atomic E-state index is 0. The maximum absolute atomic E-state index is 2.24. The molecule has 0 heterocycles. The van der Waals surface area contributed by atoms with Gasteiger partial charge in [0.1, 0.15) is 0 Å². The summed E-state index contributed by atoms with van der Waals surface area (Å²) in [7, 11) is 0. The molecule has 4 aromatic carbocycles. The number of benzene rings is 2. The topological polar surface area (TPSA) is 0 Å². The second-order valence-electron chi connectivity index (χ2n) is 6.18. The van der Waals surface area contributed by atoms with Gasteiger partial charge in [0.25, 0.3) is 0 Å². The van der Waals surface area contributed by atoms with Crippen LogP contribution in [0.5, 0.6) is 0 Å². The van der Waals surface area contributed by atoms with E-state index in [0.29, 0.717) is 0 Å². The number of hydrogen-bond acceptors (Lipinski definition) is 0. The fraction of sp³-hybridized carbons (Fsp3) is 0.182. The summed E-state index contributed by atoms with van der Waals surface area (Å²) in [6.07, 6.45) is 0. The smallest absolute Gasteiger partial charge is 1.00 e. The minimum Gasteiger partial charge on any atom is -1.00 e. The van der Waals surface area contributed by atoms with Gasteiger partial charge in [-0.05, 0) is 27.7 Å². The molecule has 0 amide bonds. The van der Waals surface area contributed by atoms with E-state index in [-0.39, 0.29) is 42.2 Å². The molecule has 0 N–H and O–H groups in total. The van der Waals surface area contributed by atoms with Crippen LogP contribution < -0.4 is 24.8 Å². The van der Waals surface area contributed by atoms with E-state index < -0.39 is 0 Å². The Morgan fingerprint density at radius 2 is 0.880 bits per heavy atom. The van der Waals surface area contributed by atoms with Crippen LogP contribution >= 0.6 is 0 Å². The Labute approximate surface area is 173 Å². The molecule has 0 atom stereocenters. The molecule has 4 aromatic rings. The molecule has 130 valence electrons. The molecule has 4 rings (SSSR count). The van der Waals surface area contributed by atoms with E-state index >= 15 is 0 Å². The summed E-state index contributed by atoms with van der Waals surface area (Å²) in [5.74, 6) is 0. The summed E-state index contributed by atoms with van der Waals surface area (Å²) >= 11 is 0. The molecule has 3 heteroatoms. The van der Waals surface area contributed by atoms with Crippen LogP contribution in [0.15, 0.2) is 60.7 Å². The van der Waals surface area contributed by atoms with Crippen LogP contribution in [-0.4, -0.2) is 0 Å². The molecule has 0 fully saturated rings. The Balaban J connectivity index is 0.000000411. The number of rotatable bonds is 0. The van der Waals surface area contributed by atoms with Crippen LogP contribution in [0.1, 0.15) is 22.3 Å². The van der Waals surface area contributed by atoms with Gasteiger partial charge in [-0.1, -0.05) is 22.3 Å². The summed E-state index contributed by atoms with van der Waals surface area (Å²) in [6, 6.07) is 21.8. The largest absolute Gasteiger partial charge is 4.00 e. The molecule has 0 saturated carbocycles. The van der Waals surface area contributed by atoms with Gasteiger partial charge in [-0.3, -0.25) is 0 Å². The summed E-state index contributed by atoms with van der Waals surface area (Å²) in [6.45, 7) is 8.62. The first-order valence-corrected chi connectivity index (χ1v) is 7.80. The van der Waals surface area contributed by atoms with Crippen molar-refractivity contribution in [1.29, 1.82) is 0 Å². The van der Waals surface area contributed by atoms with Crippen LogP contribution in [0.4, 0.5) is 0 Å². The first-order chi connectivity index (χ1) is 10.5. The Kier molecular flexibility index (Phi) is 9.56. The average molecular weight is 409 g/mol. The van der Waals surface area contributed by atoms with Crippen molar-refractivity contribution in [2.45, 2.75) is 27.7 Å². The van der Waals surface area contributed by atoms with E-state index in [1.54, 1.807) is 0 Å². The van der Waals surface area contributed by atoms with Crippen molar-refractivity contribution in [3.8, 4) is 0 Å². The third kappa shape index (κ3) is 5.37. The summed E-state index contributed by atoms with van der Waals surface area (Å²) < 4.78 is 0. The summed E-state index contributed by atoms with van der Waals surface area (Å²) in [5.41, 5.74) is 5.51. The number of fused-ring (bicyclic) bond motifs is 2. The molecular formula is C22H22Cl2Cr. The minimum absolute atomic E-state index is 0. The molecule has 0 nitrogen and oxygen atoms in total. The third-order valence-corrected chi connectivity index (χ3v) is 4.50. The monoisotopic (exact) mass is 408 g/mol. The molecule has 0 aliphatic rings. The Bertz CT molecular complexity index is 782. The molecule has 0 radical (unpaired) electrons. The van der Waals surface area contributed by atoms with Crippen molar-refractivity contribution in [3.63, 3.8) is 0 Å². The molecule has 0 bridgehead atoms. The summed E-state index contributed by atoms with van der Waals surface area (Å²) in [5, 5.41) is 5.42. The predicted octanol–water partition coefficient (Wildman–Crippen LogP) is 0.357. The van der Waals surface area contributed by atoms with Crippen molar-refractivity contribution in [3.05, 3.63) is 82.9 Å². The first kappa shape index (κ1) is 23.8. The van der Waals surface area contributed by atoms with E-state index in [9.17, 15) is 0 Å². The van der Waals surface area contributed by atoms with E-state index in [4.69, 9.17) is 0 Å². The van der Waals surface area contributed by atoms with Crippen LogP contribution in [0.25, 0.3) is 21.5 Å². The van der Waals surface area contributed by atoms with Crippen molar-refractivity contribution < 1.29 is 42.2 Å². The second kappa shape index (κ2) is 10.1. The maximum Gasteiger partial charge on any atom is 4.00 e. The SMILES string of the molecule is Cc1cc2cc[cH-]c2cc1C.Cc1cc2cc[cH-]c2cc1C.[Cl-].[Cl-].[Cr+4]. The Morgan fingerprint density at radius 3 is 1.24 bits per heavy atom. The zero-order valence-corrected chi connectivity index (χ0v) is 17.7. The fourth-order valence-corrected chi connectivity index (χ4v) is 2.81. The Morgan fingerprint density at radius 1 is 0.560 bits per heavy atom. The van der Waals surface area contributed by atoms with Crippen LogP contribution in [0.3, 0.4) is 0 Å². The second-order valence-corrected chi connectivity index (χ2v) is 6.18. The van der Waals surface area contributed by atoms with Gasteiger partial charge >= 0.3 is 17.4 Å². The molecule has 0 unspecified atom stereocenters. The van der Waals surface area contributed by atoms with Crippen molar-refractivity contribution in [2.75, 3.05) is 0 Å². The fourth-order valence-electron chi connectivity index (χ4n) is 2.81. The van der Waals surface area contributed by atoms with Gasteiger partial charge in [-0.2, -0.15) is 24.3 Å². The van der Waals surface area contributed by atoms with Crippen molar-refractivity contribution >= 4 is 21.5 Å². The zero-order chi connectivity index (χ0) is 15.7. The quantitative estimate of drug-likeness (QED) is 0.368. The van der Waals surface area contributed by atoms with Gasteiger partial charge in [-0.25, -0.2) is 0 Å². The normalized spacial score (nSPS) is 9.44. The maximum atomic E-state index is 2.24. The number of aryl methyl sites for hydroxylation is 4. The van der Waals surface area contributed by atoms with Crippen LogP contribution in [0, 0.1) is 27.7 Å². The van der Waals surface area contributed by atoms with Gasteiger partial charge in [0.2, 0.25) is 0 Å².